The van der Waals surface area contributed by atoms with Crippen LogP contribution in [-0.4, -0.2) is 15.1 Å². The van der Waals surface area contributed by atoms with Crippen LogP contribution >= 0.6 is 12.2 Å². The molecule has 5 heteroatoms. The lowest BCUT2D eigenvalue weighted by Crippen LogP contribution is -2.19. The Labute approximate surface area is 167 Å². The zero-order chi connectivity index (χ0) is 18.9. The van der Waals surface area contributed by atoms with E-state index < -0.39 is 0 Å². The molecular formula is C23H16N4S. The minimum Gasteiger partial charge on any atom is -0.332 e. The smallest absolute Gasteiger partial charge is 0.175 e. The molecule has 0 saturated heterocycles. The largest absolute Gasteiger partial charge is 0.332 e. The van der Waals surface area contributed by atoms with Gasteiger partial charge in [-0.15, -0.1) is 0 Å². The number of benzene rings is 4. The van der Waals surface area contributed by atoms with Crippen molar-refractivity contribution in [2.45, 2.75) is 0 Å². The molecule has 0 unspecified atom stereocenters. The first kappa shape index (κ1) is 16.6. The third kappa shape index (κ3) is 3.12. The first-order valence-corrected chi connectivity index (χ1v) is 9.39. The predicted octanol–water partition coefficient (Wildman–Crippen LogP) is 5.75. The van der Waals surface area contributed by atoms with Gasteiger partial charge in [-0.25, -0.2) is 9.97 Å². The van der Waals surface area contributed by atoms with E-state index in [4.69, 9.17) is 17.2 Å². The van der Waals surface area contributed by atoms with Crippen molar-refractivity contribution in [1.29, 1.82) is 0 Å². The fraction of sp³-hybridized carbons (Fsp3) is 0. The Kier molecular flexibility index (Phi) is 4.07. The van der Waals surface area contributed by atoms with E-state index in [0.717, 1.165) is 38.8 Å². The van der Waals surface area contributed by atoms with E-state index in [1.165, 1.54) is 5.39 Å². The topological polar surface area (TPSA) is 49.8 Å². The summed E-state index contributed by atoms with van der Waals surface area (Å²) in [6.07, 6.45) is 0. The summed E-state index contributed by atoms with van der Waals surface area (Å²) >= 11 is 5.52. The Morgan fingerprint density at radius 2 is 1.32 bits per heavy atom. The highest BCUT2D eigenvalue weighted by molar-refractivity contribution is 7.80. The number of para-hydroxylation sites is 2. The average molecular weight is 380 g/mol. The van der Waals surface area contributed by atoms with Crippen LogP contribution in [0.25, 0.3) is 32.8 Å². The molecule has 1 aromatic heterocycles. The normalized spacial score (nSPS) is 11.0. The zero-order valence-corrected chi connectivity index (χ0v) is 15.7. The molecule has 0 saturated carbocycles. The third-order valence-corrected chi connectivity index (χ3v) is 4.84. The minimum atomic E-state index is 0.532. The first-order chi connectivity index (χ1) is 13.8. The second-order valence-electron chi connectivity index (χ2n) is 6.52. The van der Waals surface area contributed by atoms with E-state index in [0.29, 0.717) is 5.11 Å². The molecule has 134 valence electrons. The molecule has 0 spiro atoms. The number of anilines is 2. The number of fused-ring (bicyclic) bond motifs is 3. The molecular weight excluding hydrogens is 364 g/mol. The molecule has 28 heavy (non-hydrogen) atoms. The molecule has 0 radical (unpaired) electrons. The maximum absolute atomic E-state index is 5.52. The number of hydrogen-bond donors (Lipinski definition) is 2. The van der Waals surface area contributed by atoms with Gasteiger partial charge < -0.3 is 10.6 Å². The van der Waals surface area contributed by atoms with E-state index in [1.807, 2.05) is 66.7 Å². The van der Waals surface area contributed by atoms with E-state index in [1.54, 1.807) is 0 Å². The fourth-order valence-corrected chi connectivity index (χ4v) is 3.54. The summed E-state index contributed by atoms with van der Waals surface area (Å²) in [6, 6.07) is 28.1. The monoisotopic (exact) mass is 380 g/mol. The van der Waals surface area contributed by atoms with Crippen LogP contribution in [0.15, 0.2) is 84.9 Å². The number of rotatable bonds is 2. The predicted molar refractivity (Wildman–Crippen MR) is 121 cm³/mol. The molecule has 4 nitrogen and oxygen atoms in total. The molecule has 0 aliphatic carbocycles. The van der Waals surface area contributed by atoms with Crippen molar-refractivity contribution in [2.24, 2.45) is 0 Å². The van der Waals surface area contributed by atoms with Crippen molar-refractivity contribution in [3.05, 3.63) is 84.9 Å². The number of aromatic nitrogens is 2. The average Bonchev–Trinajstić information content (AvgIpc) is 2.72. The Hall–Kier alpha value is -3.57. The van der Waals surface area contributed by atoms with Gasteiger partial charge >= 0.3 is 0 Å². The number of hydrogen-bond acceptors (Lipinski definition) is 3. The first-order valence-electron chi connectivity index (χ1n) is 8.99. The Morgan fingerprint density at radius 1 is 0.643 bits per heavy atom. The Morgan fingerprint density at radius 3 is 2.18 bits per heavy atom. The molecule has 4 aromatic carbocycles. The molecule has 0 atom stereocenters. The summed E-state index contributed by atoms with van der Waals surface area (Å²) in [5, 5.41) is 9.37. The van der Waals surface area contributed by atoms with Gasteiger partial charge in [0.2, 0.25) is 0 Å². The summed E-state index contributed by atoms with van der Waals surface area (Å²) in [4.78, 5) is 9.37. The van der Waals surface area contributed by atoms with Crippen LogP contribution in [0.1, 0.15) is 0 Å². The van der Waals surface area contributed by atoms with Crippen LogP contribution < -0.4 is 10.6 Å². The summed E-state index contributed by atoms with van der Waals surface area (Å²) in [7, 11) is 0. The van der Waals surface area contributed by atoms with Gasteiger partial charge in [0, 0.05) is 16.8 Å². The summed E-state index contributed by atoms with van der Waals surface area (Å²) in [5.74, 6) is 0. The number of nitrogens with one attached hydrogen (secondary N) is 2. The third-order valence-electron chi connectivity index (χ3n) is 4.63. The van der Waals surface area contributed by atoms with Crippen LogP contribution in [0.2, 0.25) is 0 Å². The van der Waals surface area contributed by atoms with Gasteiger partial charge in [0.05, 0.1) is 22.1 Å². The lowest BCUT2D eigenvalue weighted by Gasteiger charge is -2.13. The molecule has 0 amide bonds. The highest BCUT2D eigenvalue weighted by Crippen LogP contribution is 2.24. The second-order valence-corrected chi connectivity index (χ2v) is 6.93. The Balaban J connectivity index is 1.42. The standard InChI is InChI=1S/C23H16N4S/c28-23(27-18-11-5-7-15-6-1-2-8-17(15)18)24-16-12-13-21-22(14-16)26-20-10-4-3-9-19(20)25-21/h1-14H,(H2,24,27,28). The molecule has 5 rings (SSSR count). The second kappa shape index (κ2) is 6.87. The van der Waals surface area contributed by atoms with Crippen molar-refractivity contribution in [2.75, 3.05) is 10.6 Å². The summed E-state index contributed by atoms with van der Waals surface area (Å²) in [5.41, 5.74) is 5.30. The van der Waals surface area contributed by atoms with Gasteiger partial charge in [-0.1, -0.05) is 48.5 Å². The lowest BCUT2D eigenvalue weighted by atomic mass is 10.1. The molecule has 1 heterocycles. The highest BCUT2D eigenvalue weighted by atomic mass is 32.1. The number of thiocarbonyl (C=S) groups is 1. The van der Waals surface area contributed by atoms with Gasteiger partial charge in [-0.05, 0) is 54.0 Å². The Bertz CT molecular complexity index is 1340. The molecule has 0 aliphatic heterocycles. The van der Waals surface area contributed by atoms with Crippen LogP contribution in [0.5, 0.6) is 0 Å². The van der Waals surface area contributed by atoms with Crippen molar-refractivity contribution in [1.82, 2.24) is 9.97 Å². The summed E-state index contributed by atoms with van der Waals surface area (Å²) < 4.78 is 0. The fourth-order valence-electron chi connectivity index (χ4n) is 3.32. The maximum Gasteiger partial charge on any atom is 0.175 e. The quantitative estimate of drug-likeness (QED) is 0.302. The van der Waals surface area contributed by atoms with Gasteiger partial charge in [0.1, 0.15) is 0 Å². The van der Waals surface area contributed by atoms with Crippen LogP contribution in [-0.2, 0) is 0 Å². The van der Waals surface area contributed by atoms with Crippen molar-refractivity contribution in [3.8, 4) is 0 Å². The SMILES string of the molecule is S=C(Nc1ccc2nc3ccccc3nc2c1)Nc1cccc2ccccc12. The highest BCUT2D eigenvalue weighted by Gasteiger charge is 2.06. The molecule has 0 bridgehead atoms. The van der Waals surface area contributed by atoms with E-state index in [2.05, 4.69) is 33.8 Å². The van der Waals surface area contributed by atoms with Gasteiger partial charge in [0.15, 0.2) is 5.11 Å². The van der Waals surface area contributed by atoms with Crippen LogP contribution in [0.3, 0.4) is 0 Å². The van der Waals surface area contributed by atoms with Crippen molar-refractivity contribution >= 4 is 61.5 Å². The molecule has 0 aliphatic rings. The zero-order valence-electron chi connectivity index (χ0n) is 14.9. The van der Waals surface area contributed by atoms with Crippen molar-refractivity contribution < 1.29 is 0 Å². The minimum absolute atomic E-state index is 0.532. The van der Waals surface area contributed by atoms with E-state index in [9.17, 15) is 0 Å². The van der Waals surface area contributed by atoms with Crippen molar-refractivity contribution in [3.63, 3.8) is 0 Å². The van der Waals surface area contributed by atoms with Gasteiger partial charge in [-0.3, -0.25) is 0 Å². The van der Waals surface area contributed by atoms with Gasteiger partial charge in [-0.2, -0.15) is 0 Å². The molecule has 2 N–H and O–H groups in total. The molecule has 0 fully saturated rings. The maximum atomic E-state index is 5.52. The summed E-state index contributed by atoms with van der Waals surface area (Å²) in [6.45, 7) is 0. The van der Waals surface area contributed by atoms with Crippen LogP contribution in [0.4, 0.5) is 11.4 Å². The number of nitrogens with zero attached hydrogens (tertiary/aromatic N) is 2. The lowest BCUT2D eigenvalue weighted by molar-refractivity contribution is 1.39. The van der Waals surface area contributed by atoms with E-state index in [-0.39, 0.29) is 0 Å². The van der Waals surface area contributed by atoms with Crippen LogP contribution in [0, 0.1) is 0 Å². The molecule has 5 aromatic rings. The van der Waals surface area contributed by atoms with E-state index >= 15 is 0 Å². The van der Waals surface area contributed by atoms with Gasteiger partial charge in [0.25, 0.3) is 0 Å².